The Bertz CT molecular complexity index is 623. The maximum Gasteiger partial charge on any atom is 0.253 e. The molecule has 0 bridgehead atoms. The average molecular weight is 313 g/mol. The van der Waals surface area contributed by atoms with E-state index in [0.717, 1.165) is 18.4 Å². The van der Waals surface area contributed by atoms with E-state index in [9.17, 15) is 9.59 Å². The van der Waals surface area contributed by atoms with Gasteiger partial charge in [0.25, 0.3) is 5.91 Å². The number of amides is 1. The van der Waals surface area contributed by atoms with Gasteiger partial charge in [-0.15, -0.1) is 0 Å². The molecule has 3 nitrogen and oxygen atoms in total. The summed E-state index contributed by atoms with van der Waals surface area (Å²) in [5.74, 6) is 0.511. The van der Waals surface area contributed by atoms with Gasteiger partial charge in [0.05, 0.1) is 0 Å². The van der Waals surface area contributed by atoms with Crippen molar-refractivity contribution >= 4 is 11.7 Å². The molecule has 0 radical (unpaired) electrons. The molecule has 1 aliphatic heterocycles. The van der Waals surface area contributed by atoms with Gasteiger partial charge in [-0.3, -0.25) is 9.59 Å². The first kappa shape index (κ1) is 16.2. The van der Waals surface area contributed by atoms with Crippen molar-refractivity contribution in [3.8, 4) is 0 Å². The van der Waals surface area contributed by atoms with E-state index in [1.54, 1.807) is 6.92 Å². The van der Waals surface area contributed by atoms with Crippen LogP contribution in [0.5, 0.6) is 0 Å². The lowest BCUT2D eigenvalue weighted by Gasteiger charge is -2.31. The van der Waals surface area contributed by atoms with Crippen molar-refractivity contribution < 1.29 is 9.59 Å². The molecular formula is C20H27NO2. The second-order valence-corrected chi connectivity index (χ2v) is 7.34. The lowest BCUT2D eigenvalue weighted by molar-refractivity contribution is -0.121. The standard InChI is InChI=1S/C20H27NO2/c1-4-20(9-10-20)18-6-5-17(13-14(18)2)19(23)21-11-7-16(8-12-21)15(3)22/h5-6,13,16H,4,7-12H2,1-3H3. The molecule has 3 heteroatoms. The monoisotopic (exact) mass is 313 g/mol. The zero-order valence-electron chi connectivity index (χ0n) is 14.5. The molecule has 2 aliphatic rings. The highest BCUT2D eigenvalue weighted by Crippen LogP contribution is 2.51. The predicted octanol–water partition coefficient (Wildman–Crippen LogP) is 3.88. The third-order valence-electron chi connectivity index (χ3n) is 5.93. The number of nitrogens with zero attached hydrogens (tertiary/aromatic N) is 1. The van der Waals surface area contributed by atoms with E-state index in [4.69, 9.17) is 0 Å². The second-order valence-electron chi connectivity index (χ2n) is 7.34. The van der Waals surface area contributed by atoms with Crippen molar-refractivity contribution in [2.24, 2.45) is 5.92 Å². The van der Waals surface area contributed by atoms with Gasteiger partial charge in [-0.2, -0.15) is 0 Å². The summed E-state index contributed by atoms with van der Waals surface area (Å²) in [4.78, 5) is 26.1. The van der Waals surface area contributed by atoms with Crippen LogP contribution in [0, 0.1) is 12.8 Å². The first-order valence-corrected chi connectivity index (χ1v) is 8.88. The highest BCUT2D eigenvalue weighted by atomic mass is 16.2. The second kappa shape index (κ2) is 6.10. The van der Waals surface area contributed by atoms with E-state index in [-0.39, 0.29) is 17.6 Å². The molecule has 2 fully saturated rings. The number of Topliss-reactive ketones (excluding diaryl/α,β-unsaturated/α-hetero) is 1. The van der Waals surface area contributed by atoms with Crippen molar-refractivity contribution in [2.45, 2.75) is 58.3 Å². The van der Waals surface area contributed by atoms with E-state index in [1.165, 1.54) is 30.4 Å². The lowest BCUT2D eigenvalue weighted by Crippen LogP contribution is -2.39. The summed E-state index contributed by atoms with van der Waals surface area (Å²) in [6.45, 7) is 7.44. The Morgan fingerprint density at radius 2 is 1.87 bits per heavy atom. The molecule has 0 aromatic heterocycles. The number of aryl methyl sites for hydroxylation is 1. The topological polar surface area (TPSA) is 37.4 Å². The third kappa shape index (κ3) is 3.06. The highest BCUT2D eigenvalue weighted by molar-refractivity contribution is 5.94. The van der Waals surface area contributed by atoms with Gasteiger partial charge >= 0.3 is 0 Å². The summed E-state index contributed by atoms with van der Waals surface area (Å²) < 4.78 is 0. The fourth-order valence-corrected chi connectivity index (χ4v) is 4.03. The van der Waals surface area contributed by atoms with Gasteiger partial charge in [0, 0.05) is 24.6 Å². The van der Waals surface area contributed by atoms with Crippen LogP contribution in [-0.2, 0) is 10.2 Å². The van der Waals surface area contributed by atoms with Crippen LogP contribution in [0.25, 0.3) is 0 Å². The van der Waals surface area contributed by atoms with Crippen LogP contribution in [0.2, 0.25) is 0 Å². The quantitative estimate of drug-likeness (QED) is 0.846. The van der Waals surface area contributed by atoms with Gasteiger partial charge < -0.3 is 4.90 Å². The van der Waals surface area contributed by atoms with Gasteiger partial charge in [0.15, 0.2) is 0 Å². The average Bonchev–Trinajstić information content (AvgIpc) is 3.35. The van der Waals surface area contributed by atoms with Gasteiger partial charge in [-0.1, -0.05) is 13.0 Å². The summed E-state index contributed by atoms with van der Waals surface area (Å²) in [5.41, 5.74) is 3.84. The lowest BCUT2D eigenvalue weighted by atomic mass is 9.88. The molecule has 1 aliphatic carbocycles. The van der Waals surface area contributed by atoms with Gasteiger partial charge in [0.1, 0.15) is 5.78 Å². The van der Waals surface area contributed by atoms with Crippen LogP contribution in [-0.4, -0.2) is 29.7 Å². The van der Waals surface area contributed by atoms with Crippen molar-refractivity contribution in [2.75, 3.05) is 13.1 Å². The smallest absolute Gasteiger partial charge is 0.253 e. The Labute approximate surface area is 139 Å². The Morgan fingerprint density at radius 1 is 1.22 bits per heavy atom. The minimum atomic E-state index is 0.114. The molecule has 0 N–H and O–H groups in total. The maximum atomic E-state index is 12.7. The molecular weight excluding hydrogens is 286 g/mol. The number of benzene rings is 1. The highest BCUT2D eigenvalue weighted by Gasteiger charge is 2.43. The minimum Gasteiger partial charge on any atom is -0.339 e. The molecule has 124 valence electrons. The molecule has 1 saturated heterocycles. The van der Waals surface area contributed by atoms with Crippen molar-refractivity contribution in [3.05, 3.63) is 34.9 Å². The number of hydrogen-bond donors (Lipinski definition) is 0. The summed E-state index contributed by atoms with van der Waals surface area (Å²) in [6.07, 6.45) is 5.33. The summed E-state index contributed by atoms with van der Waals surface area (Å²) in [6, 6.07) is 6.23. The normalized spacial score (nSPS) is 20.4. The molecule has 1 heterocycles. The number of piperidine rings is 1. The molecule has 0 spiro atoms. The molecule has 1 amide bonds. The summed E-state index contributed by atoms with van der Waals surface area (Å²) in [5, 5.41) is 0. The van der Waals surface area contributed by atoms with Gasteiger partial charge in [-0.25, -0.2) is 0 Å². The fourth-order valence-electron chi connectivity index (χ4n) is 4.03. The first-order valence-electron chi connectivity index (χ1n) is 8.88. The van der Waals surface area contributed by atoms with Crippen LogP contribution >= 0.6 is 0 Å². The van der Waals surface area contributed by atoms with Crippen molar-refractivity contribution in [3.63, 3.8) is 0 Å². The number of carbonyl (C=O) groups excluding carboxylic acids is 2. The molecule has 0 unspecified atom stereocenters. The van der Waals surface area contributed by atoms with Crippen LogP contribution in [0.3, 0.4) is 0 Å². The largest absolute Gasteiger partial charge is 0.339 e. The Kier molecular flexibility index (Phi) is 4.31. The molecule has 3 rings (SSSR count). The van der Waals surface area contributed by atoms with Crippen LogP contribution < -0.4 is 0 Å². The SMILES string of the molecule is CCC1(c2ccc(C(=O)N3CCC(C(C)=O)CC3)cc2C)CC1. The Morgan fingerprint density at radius 3 is 2.35 bits per heavy atom. The van der Waals surface area contributed by atoms with Crippen LogP contribution in [0.15, 0.2) is 18.2 Å². The van der Waals surface area contributed by atoms with E-state index in [2.05, 4.69) is 26.0 Å². The zero-order valence-corrected chi connectivity index (χ0v) is 14.5. The number of ketones is 1. The maximum absolute atomic E-state index is 12.7. The zero-order chi connectivity index (χ0) is 16.6. The van der Waals surface area contributed by atoms with Gasteiger partial charge in [-0.05, 0) is 74.6 Å². The van der Waals surface area contributed by atoms with E-state index in [1.807, 2.05) is 11.0 Å². The Hall–Kier alpha value is -1.64. The molecule has 0 atom stereocenters. The van der Waals surface area contributed by atoms with Crippen LogP contribution in [0.1, 0.15) is 67.4 Å². The molecule has 1 aromatic carbocycles. The Balaban J connectivity index is 1.71. The number of carbonyl (C=O) groups is 2. The van der Waals surface area contributed by atoms with Crippen LogP contribution in [0.4, 0.5) is 0 Å². The predicted molar refractivity (Wildman–Crippen MR) is 91.7 cm³/mol. The molecule has 1 aromatic rings. The van der Waals surface area contributed by atoms with Crippen molar-refractivity contribution in [1.29, 1.82) is 0 Å². The fraction of sp³-hybridized carbons (Fsp3) is 0.600. The van der Waals surface area contributed by atoms with E-state index in [0.29, 0.717) is 18.5 Å². The van der Waals surface area contributed by atoms with E-state index < -0.39 is 0 Å². The summed E-state index contributed by atoms with van der Waals surface area (Å²) >= 11 is 0. The molecule has 23 heavy (non-hydrogen) atoms. The number of likely N-dealkylation sites (tertiary alicyclic amines) is 1. The number of rotatable bonds is 4. The minimum absolute atomic E-state index is 0.114. The van der Waals surface area contributed by atoms with Crippen molar-refractivity contribution in [1.82, 2.24) is 4.90 Å². The third-order valence-corrected chi connectivity index (χ3v) is 5.93. The first-order chi connectivity index (χ1) is 11.0. The number of hydrogen-bond acceptors (Lipinski definition) is 2. The molecule has 1 saturated carbocycles. The van der Waals surface area contributed by atoms with Gasteiger partial charge in [0.2, 0.25) is 0 Å². The van der Waals surface area contributed by atoms with E-state index >= 15 is 0 Å². The summed E-state index contributed by atoms with van der Waals surface area (Å²) in [7, 11) is 0.